The number of nitrogens with one attached hydrogen (secondary N) is 1. The number of carboxylic acid groups (broad SMARTS) is 1. The number of pyridine rings is 3. The number of fused-ring (bicyclic) bond motifs is 5. The van der Waals surface area contributed by atoms with Gasteiger partial charge in [0, 0.05) is 98.8 Å². The molecule has 7 rings (SSSR count). The summed E-state index contributed by atoms with van der Waals surface area (Å²) in [6, 6.07) is 2.99. The Kier molecular flexibility index (Phi) is 5.66. The number of aromatic carboxylic acids is 1. The van der Waals surface area contributed by atoms with E-state index in [0.717, 1.165) is 31.7 Å². The van der Waals surface area contributed by atoms with Crippen molar-refractivity contribution >= 4 is 28.4 Å². The molecule has 0 spiro atoms. The Morgan fingerprint density at radius 3 is 2.68 bits per heavy atom. The first kappa shape index (κ1) is 25.6. The molecule has 9 nitrogen and oxygen atoms in total. The molecule has 2 fully saturated rings. The van der Waals surface area contributed by atoms with Crippen LogP contribution >= 0.6 is 0 Å². The Hall–Kier alpha value is -4.38. The van der Waals surface area contributed by atoms with Crippen LogP contribution in [-0.4, -0.2) is 70.3 Å². The van der Waals surface area contributed by atoms with Gasteiger partial charge in [0.25, 0.3) is 0 Å². The third kappa shape index (κ3) is 3.68. The van der Waals surface area contributed by atoms with Crippen molar-refractivity contribution in [1.29, 1.82) is 0 Å². The van der Waals surface area contributed by atoms with Crippen LogP contribution in [0.2, 0.25) is 0 Å². The van der Waals surface area contributed by atoms with Crippen molar-refractivity contribution in [2.24, 2.45) is 13.0 Å². The van der Waals surface area contributed by atoms with Gasteiger partial charge in [-0.05, 0) is 31.0 Å². The molecule has 4 aromatic rings. The monoisotopic (exact) mass is 558 g/mol. The molecule has 1 aromatic carbocycles. The van der Waals surface area contributed by atoms with Crippen molar-refractivity contribution < 1.29 is 18.7 Å². The van der Waals surface area contributed by atoms with Crippen molar-refractivity contribution in [2.75, 3.05) is 43.9 Å². The molecular weight excluding hydrogens is 530 g/mol. The van der Waals surface area contributed by atoms with Crippen LogP contribution in [0.25, 0.3) is 33.3 Å². The van der Waals surface area contributed by atoms with E-state index in [1.54, 1.807) is 32.6 Å². The fourth-order valence-corrected chi connectivity index (χ4v) is 7.06. The van der Waals surface area contributed by atoms with E-state index >= 15 is 4.39 Å². The minimum atomic E-state index is -1.32. The number of aromatic nitrogens is 3. The summed E-state index contributed by atoms with van der Waals surface area (Å²) >= 11 is 0. The summed E-state index contributed by atoms with van der Waals surface area (Å²) in [5, 5.41) is 12.8. The van der Waals surface area contributed by atoms with Gasteiger partial charge < -0.3 is 24.8 Å². The van der Waals surface area contributed by atoms with Crippen LogP contribution in [0.3, 0.4) is 0 Å². The van der Waals surface area contributed by atoms with Crippen LogP contribution < -0.4 is 15.6 Å². The summed E-state index contributed by atoms with van der Waals surface area (Å²) in [6.07, 6.45) is 5.92. The predicted molar refractivity (Wildman–Crippen MR) is 152 cm³/mol. The minimum Gasteiger partial charge on any atom is -0.477 e. The van der Waals surface area contributed by atoms with Gasteiger partial charge in [-0.25, -0.2) is 18.6 Å². The zero-order valence-corrected chi connectivity index (χ0v) is 22.8. The Labute approximate surface area is 234 Å². The maximum Gasteiger partial charge on any atom is 0.341 e. The molecule has 41 heavy (non-hydrogen) atoms. The van der Waals surface area contributed by atoms with Gasteiger partial charge in [-0.1, -0.05) is 0 Å². The third-order valence-corrected chi connectivity index (χ3v) is 8.89. The smallest absolute Gasteiger partial charge is 0.341 e. The highest BCUT2D eigenvalue weighted by Crippen LogP contribution is 2.52. The highest BCUT2D eigenvalue weighted by atomic mass is 19.2. The van der Waals surface area contributed by atoms with Gasteiger partial charge in [0.2, 0.25) is 5.43 Å². The Bertz CT molecular complexity index is 1860. The van der Waals surface area contributed by atoms with Crippen molar-refractivity contribution in [3.8, 4) is 22.3 Å². The first-order chi connectivity index (χ1) is 19.7. The second kappa shape index (κ2) is 9.07. The van der Waals surface area contributed by atoms with E-state index in [1.807, 2.05) is 0 Å². The molecular formula is C30H28F2N6O3. The van der Waals surface area contributed by atoms with Crippen LogP contribution in [-0.2, 0) is 13.5 Å². The maximum absolute atomic E-state index is 15.7. The topological polar surface area (TPSA) is 104 Å². The molecule has 2 saturated heterocycles. The van der Waals surface area contributed by atoms with Crippen molar-refractivity contribution in [3.05, 3.63) is 69.4 Å². The number of aryl methyl sites for hydroxylation is 1. The Morgan fingerprint density at radius 2 is 1.93 bits per heavy atom. The van der Waals surface area contributed by atoms with Crippen molar-refractivity contribution in [2.45, 2.75) is 18.9 Å². The Balaban J connectivity index is 1.52. The van der Waals surface area contributed by atoms with E-state index in [-0.39, 0.29) is 22.6 Å². The number of carbonyl (C=O) groups is 1. The van der Waals surface area contributed by atoms with Crippen LogP contribution in [0.5, 0.6) is 0 Å². The van der Waals surface area contributed by atoms with Crippen LogP contribution in [0.15, 0.2) is 35.5 Å². The van der Waals surface area contributed by atoms with Gasteiger partial charge in [-0.15, -0.1) is 0 Å². The summed E-state index contributed by atoms with van der Waals surface area (Å²) in [5.41, 5.74) is 3.90. The summed E-state index contributed by atoms with van der Waals surface area (Å²) in [5.74, 6) is -2.73. The number of hydrogen-bond acceptors (Lipinski definition) is 7. The van der Waals surface area contributed by atoms with E-state index in [1.165, 1.54) is 16.8 Å². The van der Waals surface area contributed by atoms with Gasteiger partial charge in [-0.2, -0.15) is 0 Å². The second-order valence-electron chi connectivity index (χ2n) is 11.3. The molecule has 210 valence electrons. The van der Waals surface area contributed by atoms with Crippen LogP contribution in [0, 0.1) is 17.6 Å². The third-order valence-electron chi connectivity index (χ3n) is 8.89. The largest absolute Gasteiger partial charge is 0.477 e. The highest BCUT2D eigenvalue weighted by Gasteiger charge is 2.43. The SMILES string of the molecule is CNc1cc(F)c(F)c2c1Cc1ncc(-c3cnc4c(c3)c(=O)c(C(=O)O)cn4C)c(N3CC[C@H]4CN(C)C[C@H]43)c1-2. The molecule has 2 N–H and O–H groups in total. The molecule has 0 saturated carbocycles. The summed E-state index contributed by atoms with van der Waals surface area (Å²) < 4.78 is 32.1. The second-order valence-corrected chi connectivity index (χ2v) is 11.3. The van der Waals surface area contributed by atoms with E-state index in [0.29, 0.717) is 51.6 Å². The first-order valence-corrected chi connectivity index (χ1v) is 13.6. The molecule has 11 heteroatoms. The zero-order chi connectivity index (χ0) is 28.7. The number of nitrogens with zero attached hydrogens (tertiary/aromatic N) is 5. The van der Waals surface area contributed by atoms with Crippen LogP contribution in [0.1, 0.15) is 28.0 Å². The number of likely N-dealkylation sites (N-methyl/N-ethyl adjacent to an activating group) is 1. The number of halogens is 2. The molecule has 0 bridgehead atoms. The normalized spacial score (nSPS) is 19.5. The fraction of sp³-hybridized carbons (Fsp3) is 0.333. The molecule has 2 aliphatic heterocycles. The van der Waals surface area contributed by atoms with Crippen molar-refractivity contribution in [1.82, 2.24) is 19.4 Å². The van der Waals surface area contributed by atoms with E-state index in [4.69, 9.17) is 4.98 Å². The summed E-state index contributed by atoms with van der Waals surface area (Å²) in [4.78, 5) is 38.8. The number of benzene rings is 1. The predicted octanol–water partition coefficient (Wildman–Crippen LogP) is 3.73. The molecule has 5 heterocycles. The lowest BCUT2D eigenvalue weighted by Crippen LogP contribution is -2.35. The minimum absolute atomic E-state index is 0.159. The van der Waals surface area contributed by atoms with Crippen LogP contribution in [0.4, 0.5) is 20.2 Å². The highest BCUT2D eigenvalue weighted by molar-refractivity contribution is 5.99. The lowest BCUT2D eigenvalue weighted by Gasteiger charge is -2.31. The molecule has 0 radical (unpaired) electrons. The van der Waals surface area contributed by atoms with Gasteiger partial charge >= 0.3 is 5.97 Å². The lowest BCUT2D eigenvalue weighted by molar-refractivity contribution is 0.0695. The van der Waals surface area contributed by atoms with Gasteiger partial charge in [0.1, 0.15) is 11.2 Å². The van der Waals surface area contributed by atoms with Gasteiger partial charge in [0.15, 0.2) is 11.6 Å². The number of carboxylic acids is 1. The number of rotatable bonds is 4. The number of hydrogen-bond donors (Lipinski definition) is 2. The van der Waals surface area contributed by atoms with E-state index < -0.39 is 23.0 Å². The molecule has 3 aromatic heterocycles. The molecule has 0 unspecified atom stereocenters. The van der Waals surface area contributed by atoms with E-state index in [2.05, 4.69) is 27.1 Å². The summed E-state index contributed by atoms with van der Waals surface area (Å²) in [7, 11) is 5.40. The molecule has 0 amide bonds. The summed E-state index contributed by atoms with van der Waals surface area (Å²) in [6.45, 7) is 2.53. The average molecular weight is 559 g/mol. The fourth-order valence-electron chi connectivity index (χ4n) is 7.06. The van der Waals surface area contributed by atoms with E-state index in [9.17, 15) is 19.1 Å². The quantitative estimate of drug-likeness (QED) is 0.344. The Morgan fingerprint density at radius 1 is 1.12 bits per heavy atom. The zero-order valence-electron chi connectivity index (χ0n) is 22.8. The van der Waals surface area contributed by atoms with Gasteiger partial charge in [0.05, 0.1) is 16.8 Å². The number of likely N-dealkylation sites (tertiary alicyclic amines) is 1. The lowest BCUT2D eigenvalue weighted by atomic mass is 9.96. The van der Waals surface area contributed by atoms with Gasteiger partial charge in [-0.3, -0.25) is 9.78 Å². The average Bonchev–Trinajstić information content (AvgIpc) is 3.64. The molecule has 2 atom stereocenters. The maximum atomic E-state index is 15.7. The number of anilines is 2. The molecule has 1 aliphatic carbocycles. The van der Waals surface area contributed by atoms with Crippen molar-refractivity contribution in [3.63, 3.8) is 0 Å². The molecule has 3 aliphatic rings. The standard InChI is InChI=1S/C30H28F2N6O3/c1-33-21-8-20(31)26(32)24-16(21)7-22-25(24)27(38-5-4-14-11-36(2)13-23(14)38)18(10-34-22)15-6-17-28(39)19(30(40)41)12-37(3)29(17)35-9-15/h6,8-10,12,14,23,33H,4-5,7,11,13H2,1-3H3,(H,40,41)/t14-,23+/m0/s1. The first-order valence-electron chi connectivity index (χ1n) is 13.6.